The normalized spacial score (nSPS) is 21.5. The molecule has 126 valence electrons. The van der Waals surface area contributed by atoms with Gasteiger partial charge in [-0.2, -0.15) is 0 Å². The molecule has 2 aliphatic rings. The number of hydrogen-bond donors (Lipinski definition) is 1. The molecular formula is C17H27Cl2FN2. The van der Waals surface area contributed by atoms with E-state index in [0.717, 1.165) is 26.2 Å². The Balaban J connectivity index is 0.00000121. The number of nitrogens with zero attached hydrogens (tertiary/aromatic N) is 1. The molecule has 0 bridgehead atoms. The Morgan fingerprint density at radius 3 is 2.36 bits per heavy atom. The van der Waals surface area contributed by atoms with E-state index in [9.17, 15) is 4.39 Å². The molecule has 2 nitrogen and oxygen atoms in total. The van der Waals surface area contributed by atoms with Crippen molar-refractivity contribution < 1.29 is 4.39 Å². The van der Waals surface area contributed by atoms with Crippen LogP contribution in [-0.2, 0) is 0 Å². The average Bonchev–Trinajstić information content (AvgIpc) is 2.50. The van der Waals surface area contributed by atoms with Crippen molar-refractivity contribution in [1.82, 2.24) is 10.2 Å². The van der Waals surface area contributed by atoms with Crippen LogP contribution in [0.25, 0.3) is 0 Å². The molecular weight excluding hydrogens is 322 g/mol. The third-order valence-corrected chi connectivity index (χ3v) is 4.83. The largest absolute Gasteiger partial charge is 0.314 e. The van der Waals surface area contributed by atoms with Gasteiger partial charge in [-0.1, -0.05) is 31.4 Å². The predicted octanol–water partition coefficient (Wildman–Crippen LogP) is 4.20. The molecule has 1 heterocycles. The number of rotatable bonds is 3. The van der Waals surface area contributed by atoms with Gasteiger partial charge in [0.1, 0.15) is 5.82 Å². The molecule has 1 aliphatic carbocycles. The lowest BCUT2D eigenvalue weighted by atomic mass is 9.80. The van der Waals surface area contributed by atoms with Gasteiger partial charge in [0.15, 0.2) is 0 Å². The van der Waals surface area contributed by atoms with Crippen molar-refractivity contribution in [3.8, 4) is 0 Å². The van der Waals surface area contributed by atoms with Crippen LogP contribution < -0.4 is 5.32 Å². The molecule has 1 atom stereocenters. The molecule has 1 aromatic carbocycles. The van der Waals surface area contributed by atoms with E-state index in [2.05, 4.69) is 16.3 Å². The number of nitrogens with one attached hydrogen (secondary N) is 1. The summed E-state index contributed by atoms with van der Waals surface area (Å²) in [5, 5.41) is 3.42. The molecule has 0 amide bonds. The highest BCUT2D eigenvalue weighted by Gasteiger charge is 2.30. The van der Waals surface area contributed by atoms with Crippen molar-refractivity contribution in [2.75, 3.05) is 26.2 Å². The van der Waals surface area contributed by atoms with Crippen LogP contribution in [0, 0.1) is 11.7 Å². The standard InChI is InChI=1S/C17H25FN2.2ClH/c18-16-8-4-7-15(13-16)17(14-5-2-1-3-6-14)20-11-9-19-10-12-20;;/h4,7-8,13-14,17,19H,1-3,5-6,9-12H2;2*1H/t17-;;/m1../s1. The van der Waals surface area contributed by atoms with Crippen molar-refractivity contribution in [2.45, 2.75) is 38.1 Å². The highest BCUT2D eigenvalue weighted by atomic mass is 35.5. The maximum absolute atomic E-state index is 13.6. The Morgan fingerprint density at radius 2 is 1.73 bits per heavy atom. The first kappa shape index (κ1) is 19.7. The van der Waals surface area contributed by atoms with Gasteiger partial charge < -0.3 is 5.32 Å². The first-order chi connectivity index (χ1) is 9.84. The second-order valence-corrected chi connectivity index (χ2v) is 6.18. The number of halogens is 3. The second kappa shape index (κ2) is 9.71. The minimum absolute atomic E-state index is 0. The van der Waals surface area contributed by atoms with E-state index in [-0.39, 0.29) is 30.6 Å². The SMILES string of the molecule is Cl.Cl.Fc1cccc([C@@H](C2CCCCC2)N2CCNCC2)c1. The van der Waals surface area contributed by atoms with Crippen LogP contribution in [0.2, 0.25) is 0 Å². The Hall–Kier alpha value is -0.350. The van der Waals surface area contributed by atoms with Crippen molar-refractivity contribution in [2.24, 2.45) is 5.92 Å². The fourth-order valence-corrected chi connectivity index (χ4v) is 3.88. The van der Waals surface area contributed by atoms with E-state index in [4.69, 9.17) is 0 Å². The summed E-state index contributed by atoms with van der Waals surface area (Å²) < 4.78 is 13.6. The van der Waals surface area contributed by atoms with Gasteiger partial charge in [0, 0.05) is 32.2 Å². The fourth-order valence-electron chi connectivity index (χ4n) is 3.88. The fraction of sp³-hybridized carbons (Fsp3) is 0.647. The molecule has 1 aromatic rings. The molecule has 0 unspecified atom stereocenters. The Bertz CT molecular complexity index is 414. The molecule has 0 aromatic heterocycles. The van der Waals surface area contributed by atoms with Gasteiger partial charge in [-0.25, -0.2) is 4.39 Å². The van der Waals surface area contributed by atoms with Crippen LogP contribution >= 0.6 is 24.8 Å². The van der Waals surface area contributed by atoms with Crippen molar-refractivity contribution in [3.05, 3.63) is 35.6 Å². The smallest absolute Gasteiger partial charge is 0.123 e. The molecule has 0 radical (unpaired) electrons. The van der Waals surface area contributed by atoms with E-state index in [1.165, 1.54) is 37.7 Å². The topological polar surface area (TPSA) is 15.3 Å². The van der Waals surface area contributed by atoms with Crippen molar-refractivity contribution >= 4 is 24.8 Å². The Kier molecular flexibility index (Phi) is 8.70. The summed E-state index contributed by atoms with van der Waals surface area (Å²) in [5.41, 5.74) is 1.18. The molecule has 22 heavy (non-hydrogen) atoms. The summed E-state index contributed by atoms with van der Waals surface area (Å²) in [7, 11) is 0. The van der Waals surface area contributed by atoms with E-state index in [1.54, 1.807) is 12.1 Å². The summed E-state index contributed by atoms with van der Waals surface area (Å²) in [6.45, 7) is 4.27. The summed E-state index contributed by atoms with van der Waals surface area (Å²) >= 11 is 0. The first-order valence-corrected chi connectivity index (χ1v) is 8.05. The van der Waals surface area contributed by atoms with Gasteiger partial charge in [0.05, 0.1) is 0 Å². The zero-order valence-corrected chi connectivity index (χ0v) is 14.6. The summed E-state index contributed by atoms with van der Waals surface area (Å²) in [6, 6.07) is 7.70. The number of hydrogen-bond acceptors (Lipinski definition) is 2. The molecule has 3 rings (SSSR count). The van der Waals surface area contributed by atoms with E-state index in [1.807, 2.05) is 6.07 Å². The highest BCUT2D eigenvalue weighted by molar-refractivity contribution is 5.85. The average molecular weight is 349 g/mol. The lowest BCUT2D eigenvalue weighted by molar-refractivity contribution is 0.103. The van der Waals surface area contributed by atoms with E-state index in [0.29, 0.717) is 12.0 Å². The zero-order valence-electron chi connectivity index (χ0n) is 13.0. The first-order valence-electron chi connectivity index (χ1n) is 8.05. The number of piperazine rings is 1. The minimum atomic E-state index is -0.0987. The van der Waals surface area contributed by atoms with Gasteiger partial charge in [0.2, 0.25) is 0 Å². The monoisotopic (exact) mass is 348 g/mol. The molecule has 1 N–H and O–H groups in total. The molecule has 1 saturated heterocycles. The van der Waals surface area contributed by atoms with Crippen LogP contribution in [-0.4, -0.2) is 31.1 Å². The van der Waals surface area contributed by atoms with Gasteiger partial charge in [0.25, 0.3) is 0 Å². The van der Waals surface area contributed by atoms with Gasteiger partial charge in [-0.05, 0) is 36.5 Å². The minimum Gasteiger partial charge on any atom is -0.314 e. The van der Waals surface area contributed by atoms with Crippen molar-refractivity contribution in [3.63, 3.8) is 0 Å². The van der Waals surface area contributed by atoms with Crippen LogP contribution in [0.15, 0.2) is 24.3 Å². The van der Waals surface area contributed by atoms with Crippen LogP contribution in [0.1, 0.15) is 43.7 Å². The lowest BCUT2D eigenvalue weighted by Gasteiger charge is -2.41. The molecule has 5 heteroatoms. The van der Waals surface area contributed by atoms with Crippen LogP contribution in [0.3, 0.4) is 0 Å². The second-order valence-electron chi connectivity index (χ2n) is 6.18. The van der Waals surface area contributed by atoms with E-state index >= 15 is 0 Å². The summed E-state index contributed by atoms with van der Waals surface area (Å²) in [6.07, 6.45) is 6.63. The van der Waals surface area contributed by atoms with Crippen molar-refractivity contribution in [1.29, 1.82) is 0 Å². The Labute approximate surface area is 145 Å². The van der Waals surface area contributed by atoms with Crippen LogP contribution in [0.4, 0.5) is 4.39 Å². The number of benzene rings is 1. The van der Waals surface area contributed by atoms with E-state index < -0.39 is 0 Å². The third-order valence-electron chi connectivity index (χ3n) is 4.83. The zero-order chi connectivity index (χ0) is 13.8. The Morgan fingerprint density at radius 1 is 1.05 bits per heavy atom. The van der Waals surface area contributed by atoms with Gasteiger partial charge in [-0.3, -0.25) is 4.90 Å². The van der Waals surface area contributed by atoms with Gasteiger partial charge >= 0.3 is 0 Å². The van der Waals surface area contributed by atoms with Gasteiger partial charge in [-0.15, -0.1) is 24.8 Å². The maximum Gasteiger partial charge on any atom is 0.123 e. The maximum atomic E-state index is 13.6. The molecule has 0 spiro atoms. The molecule has 1 saturated carbocycles. The summed E-state index contributed by atoms with van der Waals surface area (Å²) in [4.78, 5) is 2.57. The third kappa shape index (κ3) is 4.82. The summed E-state index contributed by atoms with van der Waals surface area (Å²) in [5.74, 6) is 0.599. The molecule has 2 fully saturated rings. The molecule has 1 aliphatic heterocycles. The highest BCUT2D eigenvalue weighted by Crippen LogP contribution is 2.38. The predicted molar refractivity (Wildman–Crippen MR) is 94.7 cm³/mol. The quantitative estimate of drug-likeness (QED) is 0.880. The van der Waals surface area contributed by atoms with Crippen LogP contribution in [0.5, 0.6) is 0 Å². The lowest BCUT2D eigenvalue weighted by Crippen LogP contribution is -2.47.